The molecule has 7 nitrogen and oxygen atoms in total. The third-order valence-corrected chi connectivity index (χ3v) is 4.43. The molecule has 0 aliphatic carbocycles. The van der Waals surface area contributed by atoms with Crippen molar-refractivity contribution in [3.8, 4) is 5.75 Å². The van der Waals surface area contributed by atoms with Gasteiger partial charge in [-0.1, -0.05) is 34.8 Å². The van der Waals surface area contributed by atoms with Crippen LogP contribution in [0.15, 0.2) is 6.07 Å². The van der Waals surface area contributed by atoms with Crippen LogP contribution < -0.4 is 10.6 Å². The van der Waals surface area contributed by atoms with Crippen molar-refractivity contribution in [1.29, 1.82) is 0 Å². The zero-order chi connectivity index (χ0) is 17.7. The maximum Gasteiger partial charge on any atom is 0.317 e. The second-order valence-corrected chi connectivity index (χ2v) is 6.16. The number of carbonyl (C=O) groups is 2. The number of phenols is 1. The molecule has 3 amide bonds. The first-order chi connectivity index (χ1) is 11.4. The summed E-state index contributed by atoms with van der Waals surface area (Å²) >= 11 is 17.6. The Kier molecular flexibility index (Phi) is 6.79. The number of rotatable bonds is 4. The van der Waals surface area contributed by atoms with Crippen LogP contribution in [0.3, 0.4) is 0 Å². The molecule has 1 aromatic carbocycles. The highest BCUT2D eigenvalue weighted by molar-refractivity contribution is 6.45. The van der Waals surface area contributed by atoms with Crippen LogP contribution in [0.5, 0.6) is 5.75 Å². The number of morpholine rings is 1. The van der Waals surface area contributed by atoms with E-state index in [9.17, 15) is 14.7 Å². The number of ether oxygens (including phenoxy) is 1. The van der Waals surface area contributed by atoms with Crippen molar-refractivity contribution in [1.82, 2.24) is 15.5 Å². The molecule has 10 heteroatoms. The van der Waals surface area contributed by atoms with E-state index in [1.807, 2.05) is 0 Å². The van der Waals surface area contributed by atoms with E-state index in [0.29, 0.717) is 26.3 Å². The van der Waals surface area contributed by atoms with Crippen molar-refractivity contribution in [3.63, 3.8) is 0 Å². The average Bonchev–Trinajstić information content (AvgIpc) is 2.58. The number of hydrogen-bond acceptors (Lipinski definition) is 4. The molecule has 24 heavy (non-hydrogen) atoms. The van der Waals surface area contributed by atoms with Gasteiger partial charge in [0.2, 0.25) is 0 Å². The fourth-order valence-electron chi connectivity index (χ4n) is 2.11. The molecule has 1 aliphatic heterocycles. The number of nitrogens with one attached hydrogen (secondary N) is 2. The fraction of sp³-hybridized carbons (Fsp3) is 0.429. The Bertz CT molecular complexity index is 610. The maximum absolute atomic E-state index is 12.1. The largest absolute Gasteiger partial charge is 0.505 e. The number of hydrogen-bond donors (Lipinski definition) is 3. The van der Waals surface area contributed by atoms with Gasteiger partial charge in [0.15, 0.2) is 0 Å². The summed E-state index contributed by atoms with van der Waals surface area (Å²) in [7, 11) is 0. The van der Waals surface area contributed by atoms with Crippen LogP contribution >= 0.6 is 34.8 Å². The van der Waals surface area contributed by atoms with Gasteiger partial charge in [-0.2, -0.15) is 0 Å². The SMILES string of the molecule is O=C(NCCNC(=O)N1CCOCC1)c1c(O)c(Cl)cc(Cl)c1Cl. The first kappa shape index (κ1) is 18.9. The number of halogens is 3. The molecule has 2 rings (SSSR count). The Morgan fingerprint density at radius 2 is 1.75 bits per heavy atom. The second-order valence-electron chi connectivity index (χ2n) is 4.97. The Morgan fingerprint density at radius 1 is 1.12 bits per heavy atom. The molecule has 1 saturated heterocycles. The van der Waals surface area contributed by atoms with Crippen LogP contribution in [-0.4, -0.2) is 61.3 Å². The zero-order valence-corrected chi connectivity index (χ0v) is 14.8. The van der Waals surface area contributed by atoms with Crippen molar-refractivity contribution in [2.45, 2.75) is 0 Å². The summed E-state index contributed by atoms with van der Waals surface area (Å²) in [5.41, 5.74) is -0.200. The molecular weight excluding hydrogens is 381 g/mol. The number of aromatic hydroxyl groups is 1. The molecule has 1 aromatic rings. The molecule has 3 N–H and O–H groups in total. The number of amides is 3. The predicted octanol–water partition coefficient (Wildman–Crippen LogP) is 2.12. The predicted molar refractivity (Wildman–Crippen MR) is 91.3 cm³/mol. The molecule has 0 bridgehead atoms. The highest BCUT2D eigenvalue weighted by Gasteiger charge is 2.21. The molecule has 0 aromatic heterocycles. The smallest absolute Gasteiger partial charge is 0.317 e. The molecular formula is C14H16Cl3N3O4. The Hall–Kier alpha value is -1.41. The molecule has 0 spiro atoms. The lowest BCUT2D eigenvalue weighted by Crippen LogP contribution is -2.47. The van der Waals surface area contributed by atoms with Crippen LogP contribution in [0.1, 0.15) is 10.4 Å². The highest BCUT2D eigenvalue weighted by Crippen LogP contribution is 2.38. The second kappa shape index (κ2) is 8.62. The Balaban J connectivity index is 1.84. The van der Waals surface area contributed by atoms with Gasteiger partial charge in [0, 0.05) is 26.2 Å². The standard InChI is InChI=1S/C14H16Cl3N3O4/c15-8-7-9(16)12(21)10(11(8)17)13(22)18-1-2-19-14(23)20-3-5-24-6-4-20/h7,21H,1-6H2,(H,18,22)(H,19,23). The van der Waals surface area contributed by atoms with Gasteiger partial charge in [-0.3, -0.25) is 4.79 Å². The number of urea groups is 1. The third-order valence-electron chi connectivity index (χ3n) is 3.36. The normalized spacial score (nSPS) is 14.4. The van der Waals surface area contributed by atoms with Crippen LogP contribution in [0.4, 0.5) is 4.79 Å². The van der Waals surface area contributed by atoms with E-state index in [4.69, 9.17) is 39.5 Å². The van der Waals surface area contributed by atoms with Crippen molar-refractivity contribution in [2.24, 2.45) is 0 Å². The van der Waals surface area contributed by atoms with E-state index in [1.165, 1.54) is 6.07 Å². The van der Waals surface area contributed by atoms with E-state index in [0.717, 1.165) is 0 Å². The third kappa shape index (κ3) is 4.57. The van der Waals surface area contributed by atoms with Gasteiger partial charge in [0.1, 0.15) is 11.3 Å². The Labute approximate surface area is 153 Å². The van der Waals surface area contributed by atoms with E-state index in [1.54, 1.807) is 4.90 Å². The van der Waals surface area contributed by atoms with Crippen LogP contribution in [0.2, 0.25) is 15.1 Å². The molecule has 1 heterocycles. The van der Waals surface area contributed by atoms with Gasteiger partial charge in [-0.15, -0.1) is 0 Å². The van der Waals surface area contributed by atoms with Gasteiger partial charge in [0.25, 0.3) is 5.91 Å². The molecule has 1 fully saturated rings. The average molecular weight is 397 g/mol. The molecule has 0 atom stereocenters. The summed E-state index contributed by atoms with van der Waals surface area (Å²) in [6.07, 6.45) is 0. The topological polar surface area (TPSA) is 90.9 Å². The lowest BCUT2D eigenvalue weighted by Gasteiger charge is -2.26. The fourth-order valence-corrected chi connectivity index (χ4v) is 2.80. The first-order valence-electron chi connectivity index (χ1n) is 7.17. The minimum absolute atomic E-state index is 0.0604. The van der Waals surface area contributed by atoms with Crippen molar-refractivity contribution in [3.05, 3.63) is 26.7 Å². The van der Waals surface area contributed by atoms with E-state index in [2.05, 4.69) is 10.6 Å². The minimum atomic E-state index is -0.637. The summed E-state index contributed by atoms with van der Waals surface area (Å²) in [5.74, 6) is -1.08. The van der Waals surface area contributed by atoms with Gasteiger partial charge in [-0.05, 0) is 6.07 Å². The summed E-state index contributed by atoms with van der Waals surface area (Å²) in [4.78, 5) is 25.6. The Morgan fingerprint density at radius 3 is 2.42 bits per heavy atom. The highest BCUT2D eigenvalue weighted by atomic mass is 35.5. The van der Waals surface area contributed by atoms with Crippen molar-refractivity contribution >= 4 is 46.7 Å². The zero-order valence-electron chi connectivity index (χ0n) is 12.6. The number of benzene rings is 1. The van der Waals surface area contributed by atoms with E-state index in [-0.39, 0.29) is 39.8 Å². The monoisotopic (exact) mass is 395 g/mol. The van der Waals surface area contributed by atoms with E-state index >= 15 is 0 Å². The van der Waals surface area contributed by atoms with Gasteiger partial charge in [0.05, 0.1) is 28.3 Å². The van der Waals surface area contributed by atoms with Crippen molar-refractivity contribution < 1.29 is 19.4 Å². The van der Waals surface area contributed by atoms with Crippen LogP contribution in [-0.2, 0) is 4.74 Å². The molecule has 0 unspecified atom stereocenters. The molecule has 1 aliphatic rings. The van der Waals surface area contributed by atoms with Crippen LogP contribution in [0.25, 0.3) is 0 Å². The summed E-state index contributed by atoms with van der Waals surface area (Å²) in [6, 6.07) is 1.03. The van der Waals surface area contributed by atoms with Gasteiger partial charge >= 0.3 is 6.03 Å². The molecule has 0 radical (unpaired) electrons. The quantitative estimate of drug-likeness (QED) is 0.537. The summed E-state index contributed by atoms with van der Waals surface area (Å²) in [6.45, 7) is 2.45. The lowest BCUT2D eigenvalue weighted by atomic mass is 10.2. The van der Waals surface area contributed by atoms with Crippen LogP contribution in [0, 0.1) is 0 Å². The maximum atomic E-state index is 12.1. The number of nitrogens with zero attached hydrogens (tertiary/aromatic N) is 1. The minimum Gasteiger partial charge on any atom is -0.505 e. The molecule has 0 saturated carbocycles. The lowest BCUT2D eigenvalue weighted by molar-refractivity contribution is 0.0532. The van der Waals surface area contributed by atoms with Gasteiger partial charge < -0.3 is 25.4 Å². The van der Waals surface area contributed by atoms with E-state index < -0.39 is 11.7 Å². The summed E-state index contributed by atoms with van der Waals surface area (Å²) < 4.78 is 5.16. The number of phenolic OH excluding ortho intramolecular Hbond substituents is 1. The summed E-state index contributed by atoms with van der Waals surface area (Å²) in [5, 5.41) is 15.0. The number of carbonyl (C=O) groups excluding carboxylic acids is 2. The first-order valence-corrected chi connectivity index (χ1v) is 8.30. The van der Waals surface area contributed by atoms with Crippen molar-refractivity contribution in [2.75, 3.05) is 39.4 Å². The van der Waals surface area contributed by atoms with Gasteiger partial charge in [-0.25, -0.2) is 4.79 Å². The molecule has 132 valence electrons.